The highest BCUT2D eigenvalue weighted by atomic mass is 16.4. The topological polar surface area (TPSA) is 60.1 Å². The summed E-state index contributed by atoms with van der Waals surface area (Å²) in [6.45, 7) is 5.46. The molecule has 0 aromatic carbocycles. The number of carbonyl (C=O) groups excluding carboxylic acids is 1. The molecule has 2 aromatic rings. The molecule has 0 aliphatic heterocycles. The van der Waals surface area contributed by atoms with Crippen molar-refractivity contribution >= 4 is 5.91 Å². The minimum Gasteiger partial charge on any atom is -0.454 e. The van der Waals surface area contributed by atoms with E-state index in [1.165, 1.54) is 0 Å². The SMILES string of the molecule is CC(C)CCNC(=O)c1ccc(Cn2cccn2)o1. The minimum absolute atomic E-state index is 0.160. The molecule has 0 saturated carbocycles. The summed E-state index contributed by atoms with van der Waals surface area (Å²) >= 11 is 0. The van der Waals surface area contributed by atoms with E-state index in [-0.39, 0.29) is 5.91 Å². The first-order valence-electron chi connectivity index (χ1n) is 6.49. The van der Waals surface area contributed by atoms with Crippen LogP contribution >= 0.6 is 0 Å². The fourth-order valence-electron chi connectivity index (χ4n) is 1.70. The molecule has 2 heterocycles. The molecule has 0 aliphatic carbocycles. The number of rotatable bonds is 6. The Hall–Kier alpha value is -2.04. The van der Waals surface area contributed by atoms with Crippen LogP contribution in [-0.4, -0.2) is 22.2 Å². The van der Waals surface area contributed by atoms with Crippen LogP contribution in [-0.2, 0) is 6.54 Å². The van der Waals surface area contributed by atoms with E-state index < -0.39 is 0 Å². The summed E-state index contributed by atoms with van der Waals surface area (Å²) in [5.74, 6) is 1.49. The standard InChI is InChI=1S/C14H19N3O2/c1-11(2)6-8-15-14(18)13-5-4-12(19-13)10-17-9-3-7-16-17/h3-5,7,9,11H,6,8,10H2,1-2H3,(H,15,18). The van der Waals surface area contributed by atoms with Crippen molar-refractivity contribution < 1.29 is 9.21 Å². The van der Waals surface area contributed by atoms with E-state index in [1.54, 1.807) is 23.0 Å². The van der Waals surface area contributed by atoms with Gasteiger partial charge in [-0.15, -0.1) is 0 Å². The Morgan fingerprint density at radius 3 is 3.00 bits per heavy atom. The van der Waals surface area contributed by atoms with Gasteiger partial charge in [-0.3, -0.25) is 9.48 Å². The highest BCUT2D eigenvalue weighted by molar-refractivity contribution is 5.91. The highest BCUT2D eigenvalue weighted by Crippen LogP contribution is 2.09. The maximum atomic E-state index is 11.8. The number of hydrogen-bond donors (Lipinski definition) is 1. The van der Waals surface area contributed by atoms with Crippen LogP contribution in [0.2, 0.25) is 0 Å². The molecule has 0 atom stereocenters. The Labute approximate surface area is 112 Å². The Balaban J connectivity index is 1.87. The van der Waals surface area contributed by atoms with Gasteiger partial charge in [-0.1, -0.05) is 13.8 Å². The van der Waals surface area contributed by atoms with E-state index in [0.717, 1.165) is 12.2 Å². The number of furan rings is 1. The van der Waals surface area contributed by atoms with Crippen LogP contribution in [0.15, 0.2) is 35.0 Å². The van der Waals surface area contributed by atoms with Crippen molar-refractivity contribution in [2.24, 2.45) is 5.92 Å². The normalized spacial score (nSPS) is 10.9. The first-order valence-corrected chi connectivity index (χ1v) is 6.49. The molecule has 0 unspecified atom stereocenters. The van der Waals surface area contributed by atoms with Gasteiger partial charge in [0, 0.05) is 18.9 Å². The summed E-state index contributed by atoms with van der Waals surface area (Å²) < 4.78 is 7.25. The zero-order valence-corrected chi connectivity index (χ0v) is 11.3. The number of carbonyl (C=O) groups is 1. The molecule has 0 saturated heterocycles. The Kier molecular flexibility index (Phi) is 4.39. The lowest BCUT2D eigenvalue weighted by Gasteiger charge is -2.05. The lowest BCUT2D eigenvalue weighted by molar-refractivity contribution is 0.0922. The van der Waals surface area contributed by atoms with Crippen LogP contribution in [0.1, 0.15) is 36.6 Å². The van der Waals surface area contributed by atoms with Gasteiger partial charge in [0.1, 0.15) is 5.76 Å². The number of nitrogens with one attached hydrogen (secondary N) is 1. The summed E-state index contributed by atoms with van der Waals surface area (Å²) in [5, 5.41) is 6.94. The fraction of sp³-hybridized carbons (Fsp3) is 0.429. The van der Waals surface area contributed by atoms with Crippen molar-refractivity contribution in [3.63, 3.8) is 0 Å². The number of nitrogens with zero attached hydrogens (tertiary/aromatic N) is 2. The maximum absolute atomic E-state index is 11.8. The molecule has 0 radical (unpaired) electrons. The van der Waals surface area contributed by atoms with E-state index in [0.29, 0.717) is 24.8 Å². The second kappa shape index (κ2) is 6.22. The van der Waals surface area contributed by atoms with Crippen LogP contribution in [0.25, 0.3) is 0 Å². The van der Waals surface area contributed by atoms with E-state index in [2.05, 4.69) is 24.3 Å². The average Bonchev–Trinajstić information content (AvgIpc) is 3.00. The molecule has 2 rings (SSSR count). The molecule has 102 valence electrons. The largest absolute Gasteiger partial charge is 0.454 e. The molecule has 0 fully saturated rings. The molecule has 5 nitrogen and oxygen atoms in total. The van der Waals surface area contributed by atoms with Crippen LogP contribution in [0.4, 0.5) is 0 Å². The summed E-state index contributed by atoms with van der Waals surface area (Å²) in [5.41, 5.74) is 0. The third-order valence-corrected chi connectivity index (χ3v) is 2.77. The lowest BCUT2D eigenvalue weighted by Crippen LogP contribution is -2.24. The molecule has 0 spiro atoms. The zero-order chi connectivity index (χ0) is 13.7. The Bertz CT molecular complexity index is 515. The van der Waals surface area contributed by atoms with Crippen LogP contribution in [0, 0.1) is 5.92 Å². The maximum Gasteiger partial charge on any atom is 0.286 e. The predicted octanol–water partition coefficient (Wildman–Crippen LogP) is 2.30. The summed E-state index contributed by atoms with van der Waals surface area (Å²) in [7, 11) is 0. The van der Waals surface area contributed by atoms with Gasteiger partial charge in [-0.25, -0.2) is 0 Å². The first-order chi connectivity index (χ1) is 9.15. The summed E-state index contributed by atoms with van der Waals surface area (Å²) in [6.07, 6.45) is 4.53. The van der Waals surface area contributed by atoms with E-state index in [1.807, 2.05) is 12.3 Å². The second-order valence-electron chi connectivity index (χ2n) is 4.91. The molecule has 1 N–H and O–H groups in total. The molecule has 5 heteroatoms. The molecular formula is C14H19N3O2. The molecule has 19 heavy (non-hydrogen) atoms. The zero-order valence-electron chi connectivity index (χ0n) is 11.3. The van der Waals surface area contributed by atoms with Crippen LogP contribution in [0.5, 0.6) is 0 Å². The summed E-state index contributed by atoms with van der Waals surface area (Å²) in [6, 6.07) is 5.35. The van der Waals surface area contributed by atoms with Crippen molar-refractivity contribution in [2.45, 2.75) is 26.8 Å². The molecule has 0 bridgehead atoms. The number of aromatic nitrogens is 2. The van der Waals surface area contributed by atoms with Crippen molar-refractivity contribution in [3.8, 4) is 0 Å². The highest BCUT2D eigenvalue weighted by Gasteiger charge is 2.11. The van der Waals surface area contributed by atoms with Crippen LogP contribution < -0.4 is 5.32 Å². The monoisotopic (exact) mass is 261 g/mol. The minimum atomic E-state index is -0.160. The predicted molar refractivity (Wildman–Crippen MR) is 71.8 cm³/mol. The third kappa shape index (κ3) is 3.98. The van der Waals surface area contributed by atoms with Crippen molar-refractivity contribution in [1.82, 2.24) is 15.1 Å². The quantitative estimate of drug-likeness (QED) is 0.868. The van der Waals surface area contributed by atoms with E-state index in [4.69, 9.17) is 4.42 Å². The number of amides is 1. The van der Waals surface area contributed by atoms with Gasteiger partial charge >= 0.3 is 0 Å². The van der Waals surface area contributed by atoms with Crippen LogP contribution in [0.3, 0.4) is 0 Å². The van der Waals surface area contributed by atoms with Gasteiger partial charge in [0.25, 0.3) is 5.91 Å². The average molecular weight is 261 g/mol. The molecular weight excluding hydrogens is 242 g/mol. The van der Waals surface area contributed by atoms with E-state index >= 15 is 0 Å². The van der Waals surface area contributed by atoms with Crippen molar-refractivity contribution in [3.05, 3.63) is 42.1 Å². The smallest absolute Gasteiger partial charge is 0.286 e. The molecule has 1 amide bonds. The third-order valence-electron chi connectivity index (χ3n) is 2.77. The van der Waals surface area contributed by atoms with Gasteiger partial charge < -0.3 is 9.73 Å². The Morgan fingerprint density at radius 2 is 2.32 bits per heavy atom. The Morgan fingerprint density at radius 1 is 1.47 bits per heavy atom. The molecule has 2 aromatic heterocycles. The van der Waals surface area contributed by atoms with Gasteiger partial charge in [-0.2, -0.15) is 5.10 Å². The number of hydrogen-bond acceptors (Lipinski definition) is 3. The summed E-state index contributed by atoms with van der Waals surface area (Å²) in [4.78, 5) is 11.8. The van der Waals surface area contributed by atoms with Crippen molar-refractivity contribution in [2.75, 3.05) is 6.54 Å². The lowest BCUT2D eigenvalue weighted by atomic mass is 10.1. The molecule has 0 aliphatic rings. The second-order valence-corrected chi connectivity index (χ2v) is 4.91. The van der Waals surface area contributed by atoms with E-state index in [9.17, 15) is 4.79 Å². The van der Waals surface area contributed by atoms with Gasteiger partial charge in [0.05, 0.1) is 6.54 Å². The van der Waals surface area contributed by atoms with Gasteiger partial charge in [-0.05, 0) is 30.5 Å². The van der Waals surface area contributed by atoms with Gasteiger partial charge in [0.15, 0.2) is 5.76 Å². The fourth-order valence-corrected chi connectivity index (χ4v) is 1.70. The van der Waals surface area contributed by atoms with Crippen molar-refractivity contribution in [1.29, 1.82) is 0 Å². The van der Waals surface area contributed by atoms with Gasteiger partial charge in [0.2, 0.25) is 0 Å². The first kappa shape index (κ1) is 13.4.